The zero-order valence-corrected chi connectivity index (χ0v) is 11.8. The van der Waals surface area contributed by atoms with Crippen molar-refractivity contribution in [3.8, 4) is 12.3 Å². The average molecular weight is 301 g/mol. The number of carbonyl (C=O) groups is 1. The standard InChI is InChI=1S/C14H11N3O3S/c1-2-7-16-11-8-10(17(19)20)5-6-12(11)21-14(16)15-13(18)9-3-4-9/h1,5-6,8-9H,3-4,7H2. The molecule has 2 aromatic rings. The van der Waals surface area contributed by atoms with Crippen LogP contribution in [0.25, 0.3) is 10.2 Å². The van der Waals surface area contributed by atoms with Crippen LogP contribution in [0.5, 0.6) is 0 Å². The average Bonchev–Trinajstić information content (AvgIpc) is 3.25. The Bertz CT molecular complexity index is 852. The first-order valence-electron chi connectivity index (χ1n) is 6.40. The molecule has 0 aliphatic heterocycles. The SMILES string of the molecule is C#CCn1c(=NC(=O)C2CC2)sc2ccc([N+](=O)[O-])cc21. The maximum Gasteiger partial charge on any atom is 0.271 e. The predicted octanol–water partition coefficient (Wildman–Crippen LogP) is 2.08. The van der Waals surface area contributed by atoms with Gasteiger partial charge in [-0.05, 0) is 18.9 Å². The van der Waals surface area contributed by atoms with Crippen LogP contribution in [0.1, 0.15) is 12.8 Å². The zero-order valence-electron chi connectivity index (χ0n) is 11.0. The minimum absolute atomic E-state index is 0.00820. The lowest BCUT2D eigenvalue weighted by Gasteiger charge is -1.99. The molecular weight excluding hydrogens is 290 g/mol. The molecule has 1 amide bonds. The summed E-state index contributed by atoms with van der Waals surface area (Å²) in [5.74, 6) is 2.39. The van der Waals surface area contributed by atoms with Crippen LogP contribution >= 0.6 is 11.3 Å². The molecule has 0 radical (unpaired) electrons. The summed E-state index contributed by atoms with van der Waals surface area (Å²) in [5.41, 5.74) is 0.626. The van der Waals surface area contributed by atoms with Crippen LogP contribution < -0.4 is 4.80 Å². The number of rotatable bonds is 3. The molecule has 0 atom stereocenters. The van der Waals surface area contributed by atoms with E-state index in [1.165, 1.54) is 23.5 Å². The summed E-state index contributed by atoms with van der Waals surface area (Å²) in [4.78, 5) is 26.9. The van der Waals surface area contributed by atoms with Crippen molar-refractivity contribution in [1.82, 2.24) is 4.57 Å². The third kappa shape index (κ3) is 2.58. The number of fused-ring (bicyclic) bond motifs is 1. The number of thiazole rings is 1. The number of hydrogen-bond acceptors (Lipinski definition) is 4. The highest BCUT2D eigenvalue weighted by Gasteiger charge is 2.29. The highest BCUT2D eigenvalue weighted by molar-refractivity contribution is 7.16. The van der Waals surface area contributed by atoms with Crippen molar-refractivity contribution in [3.05, 3.63) is 33.1 Å². The molecule has 0 spiro atoms. The first-order valence-corrected chi connectivity index (χ1v) is 7.21. The third-order valence-corrected chi connectivity index (χ3v) is 4.32. The Hall–Kier alpha value is -2.46. The van der Waals surface area contributed by atoms with Gasteiger partial charge in [-0.3, -0.25) is 14.9 Å². The number of amides is 1. The molecule has 0 N–H and O–H groups in total. The molecule has 1 aromatic carbocycles. The van der Waals surface area contributed by atoms with Crippen LogP contribution in [0.3, 0.4) is 0 Å². The van der Waals surface area contributed by atoms with Crippen molar-refractivity contribution in [2.24, 2.45) is 10.9 Å². The lowest BCUT2D eigenvalue weighted by Crippen LogP contribution is -2.16. The van der Waals surface area contributed by atoms with E-state index >= 15 is 0 Å². The number of nitro groups is 1. The van der Waals surface area contributed by atoms with Crippen LogP contribution in [0.4, 0.5) is 5.69 Å². The Labute approximate surface area is 123 Å². The maximum atomic E-state index is 11.8. The zero-order chi connectivity index (χ0) is 15.0. The molecule has 1 aliphatic carbocycles. The first kappa shape index (κ1) is 13.5. The number of hydrogen-bond donors (Lipinski definition) is 0. The van der Waals surface area contributed by atoms with Gasteiger partial charge in [0.2, 0.25) is 0 Å². The minimum Gasteiger partial charge on any atom is -0.304 e. The summed E-state index contributed by atoms with van der Waals surface area (Å²) >= 11 is 1.32. The number of nitro benzene ring substituents is 1. The molecule has 1 fully saturated rings. The van der Waals surface area contributed by atoms with Crippen molar-refractivity contribution in [2.45, 2.75) is 19.4 Å². The van der Waals surface area contributed by atoms with Gasteiger partial charge >= 0.3 is 0 Å². The minimum atomic E-state index is -0.455. The van der Waals surface area contributed by atoms with Gasteiger partial charge in [0.05, 0.1) is 21.7 Å². The van der Waals surface area contributed by atoms with E-state index in [-0.39, 0.29) is 24.1 Å². The molecule has 0 saturated heterocycles. The molecule has 7 heteroatoms. The van der Waals surface area contributed by atoms with Crippen LogP contribution in [0.2, 0.25) is 0 Å². The van der Waals surface area contributed by atoms with Crippen molar-refractivity contribution >= 4 is 33.1 Å². The Morgan fingerprint density at radius 3 is 2.95 bits per heavy atom. The molecule has 1 saturated carbocycles. The van der Waals surface area contributed by atoms with Crippen molar-refractivity contribution in [2.75, 3.05) is 0 Å². The van der Waals surface area contributed by atoms with Gasteiger partial charge in [-0.2, -0.15) is 4.99 Å². The number of non-ortho nitro benzene ring substituents is 1. The Balaban J connectivity index is 2.20. The van der Waals surface area contributed by atoms with E-state index in [1.54, 1.807) is 10.6 Å². The van der Waals surface area contributed by atoms with Gasteiger partial charge in [-0.1, -0.05) is 17.3 Å². The maximum absolute atomic E-state index is 11.8. The number of terminal acetylenes is 1. The van der Waals surface area contributed by atoms with E-state index < -0.39 is 4.92 Å². The normalized spacial score (nSPS) is 15.1. The van der Waals surface area contributed by atoms with E-state index in [0.29, 0.717) is 10.3 Å². The quantitative estimate of drug-likeness (QED) is 0.494. The van der Waals surface area contributed by atoms with Gasteiger partial charge < -0.3 is 4.57 Å². The molecule has 21 heavy (non-hydrogen) atoms. The molecule has 1 aromatic heterocycles. The fraction of sp³-hybridized carbons (Fsp3) is 0.286. The fourth-order valence-corrected chi connectivity index (χ4v) is 3.03. The second-order valence-corrected chi connectivity index (χ2v) is 5.82. The van der Waals surface area contributed by atoms with Gasteiger partial charge in [0, 0.05) is 18.1 Å². The smallest absolute Gasteiger partial charge is 0.271 e. The number of benzene rings is 1. The molecule has 0 bridgehead atoms. The van der Waals surface area contributed by atoms with Crippen molar-refractivity contribution in [3.63, 3.8) is 0 Å². The van der Waals surface area contributed by atoms with E-state index in [2.05, 4.69) is 10.9 Å². The third-order valence-electron chi connectivity index (χ3n) is 3.26. The first-order chi connectivity index (χ1) is 10.1. The lowest BCUT2D eigenvalue weighted by atomic mass is 10.3. The molecule has 3 rings (SSSR count). The fourth-order valence-electron chi connectivity index (χ4n) is 2.02. The van der Waals surface area contributed by atoms with Gasteiger partial charge in [0.1, 0.15) is 0 Å². The highest BCUT2D eigenvalue weighted by Crippen LogP contribution is 2.30. The van der Waals surface area contributed by atoms with Crippen molar-refractivity contribution < 1.29 is 9.72 Å². The van der Waals surface area contributed by atoms with Gasteiger partial charge in [-0.25, -0.2) is 0 Å². The van der Waals surface area contributed by atoms with Crippen LogP contribution in [-0.4, -0.2) is 15.4 Å². The summed E-state index contributed by atoms with van der Waals surface area (Å²) in [6, 6.07) is 4.56. The van der Waals surface area contributed by atoms with Gasteiger partial charge in [0.25, 0.3) is 11.6 Å². The van der Waals surface area contributed by atoms with Crippen LogP contribution in [0, 0.1) is 28.4 Å². The van der Waals surface area contributed by atoms with Crippen LogP contribution in [-0.2, 0) is 11.3 Å². The summed E-state index contributed by atoms with van der Waals surface area (Å²) in [6.07, 6.45) is 7.12. The summed E-state index contributed by atoms with van der Waals surface area (Å²) in [7, 11) is 0. The second-order valence-electron chi connectivity index (χ2n) is 4.81. The Kier molecular flexibility index (Phi) is 3.31. The van der Waals surface area contributed by atoms with Gasteiger partial charge in [-0.15, -0.1) is 6.42 Å². The summed E-state index contributed by atoms with van der Waals surface area (Å²) in [5, 5.41) is 10.9. The monoisotopic (exact) mass is 301 g/mol. The number of aromatic nitrogens is 1. The summed E-state index contributed by atoms with van der Waals surface area (Å²) < 4.78 is 2.49. The van der Waals surface area contributed by atoms with E-state index in [9.17, 15) is 14.9 Å². The van der Waals surface area contributed by atoms with E-state index in [0.717, 1.165) is 17.5 Å². The molecule has 6 nitrogen and oxygen atoms in total. The Morgan fingerprint density at radius 2 is 2.33 bits per heavy atom. The predicted molar refractivity (Wildman–Crippen MR) is 78.6 cm³/mol. The van der Waals surface area contributed by atoms with Crippen molar-refractivity contribution in [1.29, 1.82) is 0 Å². The number of nitrogens with zero attached hydrogens (tertiary/aromatic N) is 3. The molecular formula is C14H11N3O3S. The second kappa shape index (κ2) is 5.14. The van der Waals surface area contributed by atoms with E-state index in [1.807, 2.05) is 0 Å². The topological polar surface area (TPSA) is 77.5 Å². The molecule has 1 heterocycles. The number of carbonyl (C=O) groups excluding carboxylic acids is 1. The lowest BCUT2D eigenvalue weighted by molar-refractivity contribution is -0.384. The molecule has 106 valence electrons. The Morgan fingerprint density at radius 1 is 1.57 bits per heavy atom. The summed E-state index contributed by atoms with van der Waals surface area (Å²) in [6.45, 7) is 0.220. The van der Waals surface area contributed by atoms with Gasteiger partial charge in [0.15, 0.2) is 4.80 Å². The molecule has 0 unspecified atom stereocenters. The largest absolute Gasteiger partial charge is 0.304 e. The molecule has 1 aliphatic rings. The van der Waals surface area contributed by atoms with Crippen LogP contribution in [0.15, 0.2) is 23.2 Å². The highest BCUT2D eigenvalue weighted by atomic mass is 32.1. The van der Waals surface area contributed by atoms with E-state index in [4.69, 9.17) is 6.42 Å².